The first-order valence-corrected chi connectivity index (χ1v) is 9.97. The Kier molecular flexibility index (Phi) is 6.52. The van der Waals surface area contributed by atoms with E-state index >= 15 is 0 Å². The van der Waals surface area contributed by atoms with Crippen molar-refractivity contribution in [2.45, 2.75) is 29.9 Å². The monoisotopic (exact) mass is 406 g/mol. The van der Waals surface area contributed by atoms with Gasteiger partial charge in [0.2, 0.25) is 14.6 Å². The summed E-state index contributed by atoms with van der Waals surface area (Å²) in [5.41, 5.74) is 1.32. The van der Waals surface area contributed by atoms with E-state index < -0.39 is 26.3 Å². The van der Waals surface area contributed by atoms with Crippen LogP contribution in [0, 0.1) is 5.92 Å². The Morgan fingerprint density at radius 3 is 2.32 bits per heavy atom. The van der Waals surface area contributed by atoms with Gasteiger partial charge in [0, 0.05) is 18.0 Å². The largest absolute Gasteiger partial charge is 0.497 e. The molecule has 2 rings (SSSR count). The number of carbonyl (C=O) groups excluding carboxylic acids is 2. The van der Waals surface area contributed by atoms with Crippen LogP contribution in [0.3, 0.4) is 0 Å². The molecule has 150 valence electrons. The van der Waals surface area contributed by atoms with Gasteiger partial charge < -0.3 is 4.74 Å². The van der Waals surface area contributed by atoms with Gasteiger partial charge in [-0.2, -0.15) is 0 Å². The molecule has 0 bridgehead atoms. The molecule has 2 N–H and O–H groups in total. The number of methoxy groups -OCH3 is 1. The highest BCUT2D eigenvalue weighted by atomic mass is 32.2. The molecule has 1 atom stereocenters. The number of ether oxygens (including phenoxy) is 1. The minimum atomic E-state index is -4.55. The first-order valence-electron chi connectivity index (χ1n) is 8.48. The molecule has 28 heavy (non-hydrogen) atoms. The Balaban J connectivity index is 2.77. The van der Waals surface area contributed by atoms with Gasteiger partial charge in [-0.25, -0.2) is 13.9 Å². The third-order valence-corrected chi connectivity index (χ3v) is 6.63. The number of benzene rings is 1. The topological polar surface area (TPSA) is 123 Å². The molecule has 0 spiro atoms. The fourth-order valence-electron chi connectivity index (χ4n) is 2.99. The molecule has 1 amide bonds. The van der Waals surface area contributed by atoms with E-state index in [-0.39, 0.29) is 22.8 Å². The Morgan fingerprint density at radius 2 is 1.86 bits per heavy atom. The number of hydrogen-bond acceptors (Lipinski definition) is 7. The second kappa shape index (κ2) is 8.49. The Bertz CT molecular complexity index is 942. The van der Waals surface area contributed by atoms with E-state index in [1.54, 1.807) is 13.8 Å². The summed E-state index contributed by atoms with van der Waals surface area (Å²) in [6, 6.07) is 8.18. The zero-order valence-electron chi connectivity index (χ0n) is 15.7. The summed E-state index contributed by atoms with van der Waals surface area (Å²) in [5.74, 6) is -2.22. The molecule has 0 radical (unpaired) electrons. The smallest absolute Gasteiger partial charge is 0.273 e. The van der Waals surface area contributed by atoms with Crippen LogP contribution in [0.15, 0.2) is 53.7 Å². The van der Waals surface area contributed by atoms with E-state index in [4.69, 9.17) is 4.74 Å². The normalized spacial score (nSPS) is 13.6. The van der Waals surface area contributed by atoms with Crippen molar-refractivity contribution in [2.75, 3.05) is 7.11 Å². The molecule has 1 aromatic heterocycles. The van der Waals surface area contributed by atoms with Crippen molar-refractivity contribution < 1.29 is 28.0 Å². The Hall–Kier alpha value is -2.78. The van der Waals surface area contributed by atoms with Gasteiger partial charge in [-0.3, -0.25) is 19.8 Å². The lowest BCUT2D eigenvalue weighted by atomic mass is 9.88. The van der Waals surface area contributed by atoms with Crippen molar-refractivity contribution >= 4 is 21.5 Å². The molecular formula is C19H22N2O6S. The second-order valence-electron chi connectivity index (χ2n) is 6.62. The molecule has 9 heteroatoms. The molecule has 0 aliphatic rings. The van der Waals surface area contributed by atoms with Gasteiger partial charge in [-0.15, -0.1) is 0 Å². The predicted molar refractivity (Wildman–Crippen MR) is 101 cm³/mol. The first-order chi connectivity index (χ1) is 13.2. The number of pyridine rings is 1. The molecule has 0 aliphatic carbocycles. The number of nitrogens with zero attached hydrogens (tertiary/aromatic N) is 1. The summed E-state index contributed by atoms with van der Waals surface area (Å²) in [5, 5.41) is 9.32. The van der Waals surface area contributed by atoms with Crippen LogP contribution in [-0.2, 0) is 14.6 Å². The number of nitrogens with one attached hydrogen (secondary N) is 1. The number of hydroxylamine groups is 1. The zero-order chi connectivity index (χ0) is 20.9. The molecule has 1 unspecified atom stereocenters. The summed E-state index contributed by atoms with van der Waals surface area (Å²) in [4.78, 5) is 29.6. The molecule has 0 aliphatic heterocycles. The van der Waals surface area contributed by atoms with Crippen molar-refractivity contribution in [3.8, 4) is 5.75 Å². The molecule has 0 saturated carbocycles. The van der Waals surface area contributed by atoms with Crippen LogP contribution in [0.5, 0.6) is 5.75 Å². The van der Waals surface area contributed by atoms with E-state index in [1.807, 2.05) is 0 Å². The lowest BCUT2D eigenvalue weighted by molar-refractivity contribution is -0.131. The number of Topliss-reactive ketones (excluding diaryl/α,β-unsaturated/α-hetero) is 1. The van der Waals surface area contributed by atoms with Crippen LogP contribution in [0.2, 0.25) is 0 Å². The van der Waals surface area contributed by atoms with Crippen molar-refractivity contribution in [1.29, 1.82) is 0 Å². The minimum absolute atomic E-state index is 0.0520. The number of rotatable bonds is 8. The van der Waals surface area contributed by atoms with Crippen LogP contribution in [0.25, 0.3) is 0 Å². The fourth-order valence-corrected chi connectivity index (χ4v) is 5.09. The van der Waals surface area contributed by atoms with E-state index in [2.05, 4.69) is 4.98 Å². The highest BCUT2D eigenvalue weighted by Gasteiger charge is 2.58. The maximum Gasteiger partial charge on any atom is 0.273 e. The van der Waals surface area contributed by atoms with E-state index in [9.17, 15) is 23.2 Å². The molecule has 2 aromatic rings. The highest BCUT2D eigenvalue weighted by Crippen LogP contribution is 2.36. The Labute approximate surface area is 163 Å². The SMILES string of the molecule is COc1ccc(S(=O)(=O)C(CC(C)C)(C(=O)NO)C(=O)c2cccnc2)cc1. The van der Waals surface area contributed by atoms with Gasteiger partial charge in [-0.05, 0) is 48.7 Å². The third kappa shape index (κ3) is 3.76. The maximum absolute atomic E-state index is 13.6. The lowest BCUT2D eigenvalue weighted by Crippen LogP contribution is -2.58. The number of hydrogen-bond donors (Lipinski definition) is 2. The molecule has 1 aromatic carbocycles. The quantitative estimate of drug-likeness (QED) is 0.298. The van der Waals surface area contributed by atoms with Crippen LogP contribution in [0.4, 0.5) is 0 Å². The van der Waals surface area contributed by atoms with Gasteiger partial charge >= 0.3 is 0 Å². The molecular weight excluding hydrogens is 384 g/mol. The highest BCUT2D eigenvalue weighted by molar-refractivity contribution is 7.94. The number of aromatic nitrogens is 1. The van der Waals surface area contributed by atoms with Gasteiger partial charge in [0.1, 0.15) is 5.75 Å². The third-order valence-electron chi connectivity index (χ3n) is 4.28. The Morgan fingerprint density at radius 1 is 1.21 bits per heavy atom. The summed E-state index contributed by atoms with van der Waals surface area (Å²) >= 11 is 0. The summed E-state index contributed by atoms with van der Waals surface area (Å²) in [7, 11) is -3.12. The van der Waals surface area contributed by atoms with Gasteiger partial charge in [0.05, 0.1) is 12.0 Å². The molecule has 8 nitrogen and oxygen atoms in total. The van der Waals surface area contributed by atoms with Crippen molar-refractivity contribution in [3.05, 3.63) is 54.4 Å². The summed E-state index contributed by atoms with van der Waals surface area (Å²) in [6.07, 6.45) is 2.28. The van der Waals surface area contributed by atoms with E-state index in [1.165, 1.54) is 61.4 Å². The second-order valence-corrected chi connectivity index (χ2v) is 8.79. The van der Waals surface area contributed by atoms with E-state index in [0.717, 1.165) is 0 Å². The van der Waals surface area contributed by atoms with Crippen molar-refractivity contribution in [3.63, 3.8) is 0 Å². The van der Waals surface area contributed by atoms with Crippen molar-refractivity contribution in [2.24, 2.45) is 5.92 Å². The van der Waals surface area contributed by atoms with Crippen LogP contribution < -0.4 is 10.2 Å². The maximum atomic E-state index is 13.6. The standard InChI is InChI=1S/C19H22N2O6S/c1-13(2)11-19(18(23)21-24,17(22)14-5-4-10-20-12-14)28(25,26)16-8-6-15(27-3)7-9-16/h4-10,12-13,24H,11H2,1-3H3,(H,21,23). The van der Waals surface area contributed by atoms with Gasteiger partial charge in [-0.1, -0.05) is 13.8 Å². The van der Waals surface area contributed by atoms with Crippen LogP contribution >= 0.6 is 0 Å². The minimum Gasteiger partial charge on any atom is -0.497 e. The number of amides is 1. The number of sulfone groups is 1. The average Bonchev–Trinajstić information content (AvgIpc) is 2.71. The van der Waals surface area contributed by atoms with Crippen LogP contribution in [-0.4, -0.2) is 42.2 Å². The summed E-state index contributed by atoms with van der Waals surface area (Å²) < 4.78 is 29.6. The predicted octanol–water partition coefficient (Wildman–Crippen LogP) is 2.04. The zero-order valence-corrected chi connectivity index (χ0v) is 16.6. The molecule has 0 fully saturated rings. The van der Waals surface area contributed by atoms with E-state index in [0.29, 0.717) is 5.75 Å². The number of ketones is 1. The average molecular weight is 406 g/mol. The lowest BCUT2D eigenvalue weighted by Gasteiger charge is -2.31. The van der Waals surface area contributed by atoms with Crippen LogP contribution in [0.1, 0.15) is 30.6 Å². The van der Waals surface area contributed by atoms with Gasteiger partial charge in [0.25, 0.3) is 5.91 Å². The molecule has 0 saturated heterocycles. The molecule has 1 heterocycles. The van der Waals surface area contributed by atoms with Crippen molar-refractivity contribution in [1.82, 2.24) is 10.5 Å². The number of carbonyl (C=O) groups is 2. The first kappa shape index (κ1) is 21.5. The fraction of sp³-hybridized carbons (Fsp3) is 0.316. The summed E-state index contributed by atoms with van der Waals surface area (Å²) in [6.45, 7) is 3.36. The van der Waals surface area contributed by atoms with Gasteiger partial charge in [0.15, 0.2) is 5.78 Å².